The Bertz CT molecular complexity index is 612. The molecule has 6 heteroatoms. The van der Waals surface area contributed by atoms with Gasteiger partial charge in [-0.15, -0.1) is 0 Å². The zero-order valence-electron chi connectivity index (χ0n) is 10.1. The van der Waals surface area contributed by atoms with E-state index in [4.69, 9.17) is 0 Å². The molecule has 1 N–H and O–H groups in total. The maximum atomic E-state index is 11.1. The number of carbonyl (C=O) groups is 1. The van der Waals surface area contributed by atoms with E-state index in [0.29, 0.717) is 11.4 Å². The topological polar surface area (TPSA) is 85.2 Å². The molecular formula is C13H11N3O3. The molecule has 6 nitrogen and oxygen atoms in total. The second-order valence-corrected chi connectivity index (χ2v) is 3.54. The zero-order chi connectivity index (χ0) is 13.7. The summed E-state index contributed by atoms with van der Waals surface area (Å²) in [6, 6.07) is 7.13. The molecule has 0 bridgehead atoms. The minimum Gasteiger partial charge on any atom is -0.502 e. The second kappa shape index (κ2) is 5.72. The molecule has 0 unspecified atom stereocenters. The van der Waals surface area contributed by atoms with Crippen LogP contribution in [0.4, 0.5) is 0 Å². The van der Waals surface area contributed by atoms with Crippen LogP contribution in [-0.4, -0.2) is 33.1 Å². The molecule has 2 rings (SSSR count). The van der Waals surface area contributed by atoms with Crippen molar-refractivity contribution in [1.82, 2.24) is 15.0 Å². The molecule has 0 aromatic carbocycles. The second-order valence-electron chi connectivity index (χ2n) is 3.54. The molecule has 0 spiro atoms. The summed E-state index contributed by atoms with van der Waals surface area (Å²) >= 11 is 0. The van der Waals surface area contributed by atoms with Crippen molar-refractivity contribution in [1.29, 1.82) is 0 Å². The number of hydrogen-bond donors (Lipinski definition) is 1. The predicted molar refractivity (Wildman–Crippen MR) is 67.9 cm³/mol. The van der Waals surface area contributed by atoms with Crippen molar-refractivity contribution in [3.8, 4) is 11.4 Å². The standard InChI is InChI=1S/C13H11N3O3/c1-19-13(18)11(17)8-12-15-7-5-10(16-12)9-4-2-3-6-14-9/h2-8,17H,1H3/b11-8+. The van der Waals surface area contributed by atoms with Crippen LogP contribution >= 0.6 is 0 Å². The van der Waals surface area contributed by atoms with E-state index in [9.17, 15) is 9.90 Å². The lowest BCUT2D eigenvalue weighted by Crippen LogP contribution is -2.04. The summed E-state index contributed by atoms with van der Waals surface area (Å²) in [5, 5.41) is 9.42. The highest BCUT2D eigenvalue weighted by Gasteiger charge is 2.08. The van der Waals surface area contributed by atoms with Gasteiger partial charge in [-0.05, 0) is 18.2 Å². The number of rotatable bonds is 3. The quantitative estimate of drug-likeness (QED) is 0.511. The lowest BCUT2D eigenvalue weighted by Gasteiger charge is -2.01. The molecular weight excluding hydrogens is 246 g/mol. The summed E-state index contributed by atoms with van der Waals surface area (Å²) in [4.78, 5) is 23.3. The third-order valence-corrected chi connectivity index (χ3v) is 2.26. The largest absolute Gasteiger partial charge is 0.502 e. The number of hydrogen-bond acceptors (Lipinski definition) is 6. The molecule has 0 radical (unpaired) electrons. The summed E-state index contributed by atoms with van der Waals surface area (Å²) in [7, 11) is 1.18. The Hall–Kier alpha value is -2.76. The molecule has 2 heterocycles. The van der Waals surface area contributed by atoms with E-state index in [0.717, 1.165) is 6.08 Å². The summed E-state index contributed by atoms with van der Waals surface area (Å²) < 4.78 is 4.37. The number of methoxy groups -OCH3 is 1. The number of aliphatic hydroxyl groups excluding tert-OH is 1. The number of nitrogens with zero attached hydrogens (tertiary/aromatic N) is 3. The Morgan fingerprint density at radius 2 is 2.05 bits per heavy atom. The highest BCUT2D eigenvalue weighted by atomic mass is 16.5. The van der Waals surface area contributed by atoms with E-state index in [-0.39, 0.29) is 5.82 Å². The van der Waals surface area contributed by atoms with E-state index in [1.54, 1.807) is 24.4 Å². The lowest BCUT2D eigenvalue weighted by molar-refractivity contribution is -0.138. The summed E-state index contributed by atoms with van der Waals surface area (Å²) in [5.74, 6) is -1.20. The molecule has 0 fully saturated rings. The highest BCUT2D eigenvalue weighted by molar-refractivity contribution is 5.90. The van der Waals surface area contributed by atoms with Crippen molar-refractivity contribution < 1.29 is 14.6 Å². The number of pyridine rings is 1. The first kappa shape index (κ1) is 12.7. The maximum Gasteiger partial charge on any atom is 0.373 e. The fourth-order valence-corrected chi connectivity index (χ4v) is 1.39. The third-order valence-electron chi connectivity index (χ3n) is 2.26. The van der Waals surface area contributed by atoms with Crippen LogP contribution in [0.25, 0.3) is 17.5 Å². The zero-order valence-corrected chi connectivity index (χ0v) is 10.1. The predicted octanol–water partition coefficient (Wildman–Crippen LogP) is 1.61. The smallest absolute Gasteiger partial charge is 0.373 e. The van der Waals surface area contributed by atoms with E-state index in [1.807, 2.05) is 6.07 Å². The molecule has 0 aliphatic rings. The summed E-state index contributed by atoms with van der Waals surface area (Å²) in [6.45, 7) is 0. The van der Waals surface area contributed by atoms with E-state index >= 15 is 0 Å². The molecule has 0 amide bonds. The van der Waals surface area contributed by atoms with Gasteiger partial charge >= 0.3 is 5.97 Å². The van der Waals surface area contributed by atoms with Gasteiger partial charge in [0.25, 0.3) is 0 Å². The Morgan fingerprint density at radius 3 is 2.74 bits per heavy atom. The highest BCUT2D eigenvalue weighted by Crippen LogP contribution is 2.13. The fourth-order valence-electron chi connectivity index (χ4n) is 1.39. The number of carbonyl (C=O) groups excluding carboxylic acids is 1. The van der Waals surface area contributed by atoms with Gasteiger partial charge in [-0.25, -0.2) is 14.8 Å². The average molecular weight is 257 g/mol. The lowest BCUT2D eigenvalue weighted by atomic mass is 10.2. The first-order chi connectivity index (χ1) is 9.20. The Kier molecular flexibility index (Phi) is 3.82. The molecule has 19 heavy (non-hydrogen) atoms. The van der Waals surface area contributed by atoms with Gasteiger partial charge in [0.05, 0.1) is 18.5 Å². The number of aliphatic hydroxyl groups is 1. The van der Waals surface area contributed by atoms with Crippen molar-refractivity contribution in [2.45, 2.75) is 0 Å². The monoisotopic (exact) mass is 257 g/mol. The van der Waals surface area contributed by atoms with Crippen molar-refractivity contribution >= 4 is 12.0 Å². The van der Waals surface area contributed by atoms with Crippen LogP contribution in [0.1, 0.15) is 5.82 Å². The van der Waals surface area contributed by atoms with Crippen LogP contribution in [-0.2, 0) is 9.53 Å². The van der Waals surface area contributed by atoms with Crippen LogP contribution in [0, 0.1) is 0 Å². The summed E-state index contributed by atoms with van der Waals surface area (Å²) in [6.07, 6.45) is 4.31. The van der Waals surface area contributed by atoms with Crippen molar-refractivity contribution in [2.75, 3.05) is 7.11 Å². The van der Waals surface area contributed by atoms with Crippen molar-refractivity contribution in [2.24, 2.45) is 0 Å². The van der Waals surface area contributed by atoms with Gasteiger partial charge in [0.1, 0.15) is 0 Å². The van der Waals surface area contributed by atoms with E-state index < -0.39 is 11.7 Å². The summed E-state index contributed by atoms with van der Waals surface area (Å²) in [5.41, 5.74) is 1.27. The number of aromatic nitrogens is 3. The average Bonchev–Trinajstić information content (AvgIpc) is 2.47. The van der Waals surface area contributed by atoms with Crippen molar-refractivity contribution in [3.63, 3.8) is 0 Å². The first-order valence-electron chi connectivity index (χ1n) is 5.44. The molecule has 0 atom stereocenters. The van der Waals surface area contributed by atoms with Crippen molar-refractivity contribution in [3.05, 3.63) is 48.2 Å². The minimum atomic E-state index is -0.841. The molecule has 0 aliphatic heterocycles. The molecule has 96 valence electrons. The molecule has 0 saturated heterocycles. The van der Waals surface area contributed by atoms with Gasteiger partial charge in [0.15, 0.2) is 5.82 Å². The molecule has 0 aliphatic carbocycles. The van der Waals surface area contributed by atoms with Gasteiger partial charge in [-0.1, -0.05) is 6.07 Å². The van der Waals surface area contributed by atoms with Crippen LogP contribution in [0.15, 0.2) is 42.4 Å². The van der Waals surface area contributed by atoms with Gasteiger partial charge in [0, 0.05) is 18.5 Å². The SMILES string of the molecule is COC(=O)/C(O)=C\c1nccc(-c2ccccn2)n1. The van der Waals surface area contributed by atoms with Gasteiger partial charge in [-0.3, -0.25) is 4.98 Å². The minimum absolute atomic E-state index is 0.200. The van der Waals surface area contributed by atoms with Crippen LogP contribution in [0.3, 0.4) is 0 Å². The van der Waals surface area contributed by atoms with Crippen LogP contribution < -0.4 is 0 Å². The van der Waals surface area contributed by atoms with Gasteiger partial charge < -0.3 is 9.84 Å². The van der Waals surface area contributed by atoms with E-state index in [2.05, 4.69) is 19.7 Å². The Labute approximate surface area is 109 Å². The third kappa shape index (κ3) is 3.12. The Balaban J connectivity index is 2.33. The Morgan fingerprint density at radius 1 is 1.21 bits per heavy atom. The van der Waals surface area contributed by atoms with Crippen LogP contribution in [0.5, 0.6) is 0 Å². The first-order valence-corrected chi connectivity index (χ1v) is 5.44. The van der Waals surface area contributed by atoms with Gasteiger partial charge in [0.2, 0.25) is 5.76 Å². The van der Waals surface area contributed by atoms with E-state index in [1.165, 1.54) is 13.3 Å². The number of esters is 1. The molecule has 2 aromatic rings. The van der Waals surface area contributed by atoms with Crippen LogP contribution in [0.2, 0.25) is 0 Å². The van der Waals surface area contributed by atoms with Gasteiger partial charge in [-0.2, -0.15) is 0 Å². The molecule has 0 saturated carbocycles. The molecule has 2 aromatic heterocycles. The number of ether oxygens (including phenoxy) is 1. The maximum absolute atomic E-state index is 11.1. The normalized spacial score (nSPS) is 11.1. The fraction of sp³-hybridized carbons (Fsp3) is 0.0769.